The highest BCUT2D eigenvalue weighted by molar-refractivity contribution is 6.38. The number of halogens is 5. The maximum Gasteiger partial charge on any atom is 0.573 e. The number of hydrogen-bond acceptors (Lipinski definition) is 5. The van der Waals surface area contributed by atoms with Crippen LogP contribution >= 0.6 is 23.2 Å². The Bertz CT molecular complexity index is 1060. The van der Waals surface area contributed by atoms with Gasteiger partial charge in [-0.1, -0.05) is 29.3 Å². The fraction of sp³-hybridized carbons (Fsp3) is 0.0625. The zero-order valence-corrected chi connectivity index (χ0v) is 14.5. The van der Waals surface area contributed by atoms with E-state index in [9.17, 15) is 22.8 Å². The predicted molar refractivity (Wildman–Crippen MR) is 90.5 cm³/mol. The van der Waals surface area contributed by atoms with Crippen LogP contribution in [0.5, 0.6) is 5.75 Å². The van der Waals surface area contributed by atoms with Gasteiger partial charge in [0.25, 0.3) is 0 Å². The van der Waals surface area contributed by atoms with Crippen molar-refractivity contribution in [2.24, 2.45) is 0 Å². The average molecular weight is 419 g/mol. The molecule has 0 saturated heterocycles. The van der Waals surface area contributed by atoms with Crippen LogP contribution < -0.4 is 16.2 Å². The summed E-state index contributed by atoms with van der Waals surface area (Å²) in [5.74, 6) is -2.02. The third kappa shape index (κ3) is 4.15. The van der Waals surface area contributed by atoms with Crippen molar-refractivity contribution in [3.8, 4) is 22.9 Å². The summed E-state index contributed by atoms with van der Waals surface area (Å²) < 4.78 is 45.8. The summed E-state index contributed by atoms with van der Waals surface area (Å²) in [6.45, 7) is 0. The number of aromatic nitrogens is 2. The van der Waals surface area contributed by atoms with Gasteiger partial charge in [-0.25, -0.2) is 9.59 Å². The Labute approximate surface area is 158 Å². The summed E-state index contributed by atoms with van der Waals surface area (Å²) in [4.78, 5) is 28.1. The number of alkyl halides is 3. The van der Waals surface area contributed by atoms with E-state index in [2.05, 4.69) is 9.72 Å². The number of benzene rings is 2. The minimum absolute atomic E-state index is 0.0624. The van der Waals surface area contributed by atoms with Crippen LogP contribution in [-0.2, 0) is 0 Å². The molecule has 3 rings (SSSR count). The van der Waals surface area contributed by atoms with Gasteiger partial charge in [-0.05, 0) is 36.4 Å². The third-order valence-electron chi connectivity index (χ3n) is 3.26. The van der Waals surface area contributed by atoms with Crippen molar-refractivity contribution in [1.82, 2.24) is 9.55 Å². The first-order valence-electron chi connectivity index (χ1n) is 7.10. The molecule has 0 aliphatic heterocycles. The summed E-state index contributed by atoms with van der Waals surface area (Å²) in [6, 6.07) is 8.51. The van der Waals surface area contributed by atoms with Gasteiger partial charge in [0.05, 0.1) is 21.3 Å². The fourth-order valence-electron chi connectivity index (χ4n) is 2.19. The Morgan fingerprint density at radius 2 is 1.59 bits per heavy atom. The summed E-state index contributed by atoms with van der Waals surface area (Å²) in [6.07, 6.45) is -4.87. The molecule has 1 heterocycles. The maximum atomic E-state index is 12.3. The van der Waals surface area contributed by atoms with Gasteiger partial charge < -0.3 is 9.15 Å². The molecule has 0 N–H and O–H groups in total. The lowest BCUT2D eigenvalue weighted by Gasteiger charge is -2.10. The van der Waals surface area contributed by atoms with Gasteiger partial charge in [0.2, 0.25) is 5.89 Å². The molecule has 3 aromatic rings. The van der Waals surface area contributed by atoms with Crippen LogP contribution in [0.3, 0.4) is 0 Å². The van der Waals surface area contributed by atoms with E-state index in [1.807, 2.05) is 0 Å². The van der Waals surface area contributed by atoms with Crippen molar-refractivity contribution in [1.29, 1.82) is 0 Å². The van der Waals surface area contributed by atoms with Crippen molar-refractivity contribution in [2.45, 2.75) is 6.36 Å². The monoisotopic (exact) mass is 418 g/mol. The lowest BCUT2D eigenvalue weighted by atomic mass is 10.2. The summed E-state index contributed by atoms with van der Waals surface area (Å²) >= 11 is 12.0. The zero-order chi connectivity index (χ0) is 19.8. The minimum Gasteiger partial charge on any atom is -0.406 e. The zero-order valence-electron chi connectivity index (χ0n) is 13.0. The van der Waals surface area contributed by atoms with Gasteiger partial charge in [-0.2, -0.15) is 9.55 Å². The largest absolute Gasteiger partial charge is 0.573 e. The molecule has 1 aromatic heterocycles. The summed E-state index contributed by atoms with van der Waals surface area (Å²) in [5.41, 5.74) is -1.02. The van der Waals surface area contributed by atoms with Crippen molar-refractivity contribution in [3.63, 3.8) is 0 Å². The van der Waals surface area contributed by atoms with Crippen molar-refractivity contribution < 1.29 is 22.3 Å². The first kappa shape index (κ1) is 19.0. The van der Waals surface area contributed by atoms with Crippen molar-refractivity contribution in [2.75, 3.05) is 0 Å². The lowest BCUT2D eigenvalue weighted by Crippen LogP contribution is -2.33. The number of rotatable bonds is 3. The molecule has 140 valence electrons. The van der Waals surface area contributed by atoms with E-state index in [1.54, 1.807) is 6.07 Å². The Morgan fingerprint density at radius 1 is 1.00 bits per heavy atom. The van der Waals surface area contributed by atoms with E-state index >= 15 is 0 Å². The van der Waals surface area contributed by atoms with E-state index in [-0.39, 0.29) is 27.2 Å². The molecule has 0 bridgehead atoms. The van der Waals surface area contributed by atoms with Gasteiger partial charge in [0.1, 0.15) is 5.75 Å². The quantitative estimate of drug-likeness (QED) is 0.641. The molecule has 0 fully saturated rings. The van der Waals surface area contributed by atoms with Crippen LogP contribution in [0.4, 0.5) is 13.2 Å². The molecule has 0 unspecified atom stereocenters. The fourth-order valence-corrected chi connectivity index (χ4v) is 2.75. The first-order chi connectivity index (χ1) is 12.7. The van der Waals surface area contributed by atoms with Crippen LogP contribution in [0.2, 0.25) is 10.0 Å². The van der Waals surface area contributed by atoms with E-state index in [4.69, 9.17) is 27.6 Å². The highest BCUT2D eigenvalue weighted by atomic mass is 35.5. The Morgan fingerprint density at radius 3 is 2.11 bits per heavy atom. The van der Waals surface area contributed by atoms with Crippen LogP contribution in [0, 0.1) is 0 Å². The second kappa shape index (κ2) is 7.09. The van der Waals surface area contributed by atoms with E-state index in [0.717, 1.165) is 24.3 Å². The average Bonchev–Trinajstić information content (AvgIpc) is 2.54. The molecule has 0 atom stereocenters. The molecule has 0 saturated carbocycles. The first-order valence-corrected chi connectivity index (χ1v) is 7.86. The molecule has 2 aromatic carbocycles. The van der Waals surface area contributed by atoms with Gasteiger partial charge >= 0.3 is 17.8 Å². The van der Waals surface area contributed by atoms with Gasteiger partial charge in [0.15, 0.2) is 0 Å². The third-order valence-corrected chi connectivity index (χ3v) is 3.89. The Balaban J connectivity index is 2.04. The molecular formula is C16H7Cl2F3N2O4. The molecule has 0 aliphatic rings. The second-order valence-electron chi connectivity index (χ2n) is 5.04. The van der Waals surface area contributed by atoms with Crippen molar-refractivity contribution in [3.05, 3.63) is 73.5 Å². The number of nitrogens with zero attached hydrogens (tertiary/aromatic N) is 2. The Kier molecular flexibility index (Phi) is 4.99. The SMILES string of the molecule is O=c1nc(-c2c(Cl)cccc2Cl)oc(=O)n1-c1ccc(OC(F)(F)F)cc1. The van der Waals surface area contributed by atoms with Gasteiger partial charge in [0, 0.05) is 0 Å². The molecular weight excluding hydrogens is 412 g/mol. The minimum atomic E-state index is -4.87. The topological polar surface area (TPSA) is 74.3 Å². The highest BCUT2D eigenvalue weighted by Crippen LogP contribution is 2.32. The van der Waals surface area contributed by atoms with E-state index in [0.29, 0.717) is 4.57 Å². The molecule has 0 spiro atoms. The van der Waals surface area contributed by atoms with Crippen LogP contribution in [0.25, 0.3) is 17.1 Å². The highest BCUT2D eigenvalue weighted by Gasteiger charge is 2.31. The van der Waals surface area contributed by atoms with E-state index in [1.165, 1.54) is 12.1 Å². The molecule has 6 nitrogen and oxygen atoms in total. The van der Waals surface area contributed by atoms with Gasteiger partial charge in [-0.3, -0.25) is 0 Å². The lowest BCUT2D eigenvalue weighted by molar-refractivity contribution is -0.274. The van der Waals surface area contributed by atoms with Crippen LogP contribution in [-0.4, -0.2) is 15.9 Å². The van der Waals surface area contributed by atoms with E-state index < -0.39 is 23.6 Å². The molecule has 11 heteroatoms. The van der Waals surface area contributed by atoms with Crippen LogP contribution in [0.1, 0.15) is 0 Å². The van der Waals surface area contributed by atoms with Gasteiger partial charge in [-0.15, -0.1) is 13.2 Å². The number of hydrogen-bond donors (Lipinski definition) is 0. The van der Waals surface area contributed by atoms with Crippen LogP contribution in [0.15, 0.2) is 56.5 Å². The second-order valence-corrected chi connectivity index (χ2v) is 5.86. The normalized spacial score (nSPS) is 11.4. The predicted octanol–water partition coefficient (Wildman–Crippen LogP) is 4.06. The number of ether oxygens (including phenoxy) is 1. The summed E-state index contributed by atoms with van der Waals surface area (Å²) in [5, 5.41) is 0.230. The Hall–Kier alpha value is -2.78. The smallest absolute Gasteiger partial charge is 0.406 e. The molecule has 0 radical (unpaired) electrons. The standard InChI is InChI=1S/C16H7Cl2F3N2O4/c17-10-2-1-3-11(18)12(10)13-22-14(24)23(15(25)26-13)8-4-6-9(7-5-8)27-16(19,20)21/h1-7H. The molecule has 27 heavy (non-hydrogen) atoms. The molecule has 0 amide bonds. The molecule has 0 aliphatic carbocycles. The summed E-state index contributed by atoms with van der Waals surface area (Å²) in [7, 11) is 0. The van der Waals surface area contributed by atoms with Crippen molar-refractivity contribution >= 4 is 23.2 Å². The maximum absolute atomic E-state index is 12.3.